The van der Waals surface area contributed by atoms with Crippen molar-refractivity contribution in [1.82, 2.24) is 5.32 Å². The predicted octanol–water partition coefficient (Wildman–Crippen LogP) is 2.94. The second-order valence-corrected chi connectivity index (χ2v) is 6.20. The number of carbonyl (C=O) groups is 3. The van der Waals surface area contributed by atoms with Crippen LogP contribution in [0.3, 0.4) is 0 Å². The highest BCUT2D eigenvalue weighted by Gasteiger charge is 2.15. The monoisotopic (exact) mass is 368 g/mol. The maximum atomic E-state index is 12.0. The summed E-state index contributed by atoms with van der Waals surface area (Å²) < 4.78 is 4.98. The number of rotatable bonds is 8. The van der Waals surface area contributed by atoms with E-state index in [0.717, 1.165) is 6.42 Å². The number of benzene rings is 2. The van der Waals surface area contributed by atoms with Crippen molar-refractivity contribution < 1.29 is 19.1 Å². The first kappa shape index (κ1) is 20.2. The molecule has 2 N–H and O–H groups in total. The van der Waals surface area contributed by atoms with E-state index in [4.69, 9.17) is 4.74 Å². The van der Waals surface area contributed by atoms with E-state index >= 15 is 0 Å². The van der Waals surface area contributed by atoms with Gasteiger partial charge in [-0.2, -0.15) is 0 Å². The maximum absolute atomic E-state index is 12.0. The zero-order valence-corrected chi connectivity index (χ0v) is 15.5. The van der Waals surface area contributed by atoms with Crippen LogP contribution in [0.4, 0.5) is 5.69 Å². The number of esters is 1. The van der Waals surface area contributed by atoms with Crippen LogP contribution in [0.2, 0.25) is 0 Å². The lowest BCUT2D eigenvalue weighted by Crippen LogP contribution is -2.35. The number of anilines is 1. The second-order valence-electron chi connectivity index (χ2n) is 6.20. The van der Waals surface area contributed by atoms with Gasteiger partial charge in [-0.25, -0.2) is 0 Å². The first-order valence-corrected chi connectivity index (χ1v) is 8.88. The van der Waals surface area contributed by atoms with Crippen LogP contribution < -0.4 is 10.6 Å². The predicted molar refractivity (Wildman–Crippen MR) is 103 cm³/mol. The Morgan fingerprint density at radius 1 is 1.00 bits per heavy atom. The minimum absolute atomic E-state index is 0.0168. The number of amides is 2. The van der Waals surface area contributed by atoms with E-state index in [1.165, 1.54) is 5.56 Å². The van der Waals surface area contributed by atoms with Crippen LogP contribution in [0.5, 0.6) is 0 Å². The van der Waals surface area contributed by atoms with Gasteiger partial charge in [-0.3, -0.25) is 14.4 Å². The fourth-order valence-electron chi connectivity index (χ4n) is 2.42. The lowest BCUT2D eigenvalue weighted by molar-refractivity contribution is -0.147. The molecule has 27 heavy (non-hydrogen) atoms. The van der Waals surface area contributed by atoms with Gasteiger partial charge in [0.25, 0.3) is 11.8 Å². The molecular formula is C21H24N2O4. The minimum atomic E-state index is -0.549. The van der Waals surface area contributed by atoms with Crippen molar-refractivity contribution in [2.75, 3.05) is 11.9 Å². The summed E-state index contributed by atoms with van der Waals surface area (Å²) in [5.41, 5.74) is 2.34. The SMILES string of the molecule is CCc1ccc(NC(=O)COC(=O)CC(C)NC(=O)c2ccccc2)cc1. The Morgan fingerprint density at radius 2 is 1.67 bits per heavy atom. The lowest BCUT2D eigenvalue weighted by Gasteiger charge is -2.13. The number of ether oxygens (including phenoxy) is 1. The molecule has 0 aliphatic heterocycles. The van der Waals surface area contributed by atoms with Crippen LogP contribution >= 0.6 is 0 Å². The molecule has 1 atom stereocenters. The molecule has 0 saturated carbocycles. The number of hydrogen-bond donors (Lipinski definition) is 2. The molecule has 0 aromatic heterocycles. The van der Waals surface area contributed by atoms with Gasteiger partial charge in [-0.1, -0.05) is 37.3 Å². The molecule has 0 bridgehead atoms. The summed E-state index contributed by atoms with van der Waals surface area (Å²) in [7, 11) is 0. The van der Waals surface area contributed by atoms with Crippen LogP contribution in [0.15, 0.2) is 54.6 Å². The van der Waals surface area contributed by atoms with E-state index in [9.17, 15) is 14.4 Å². The van der Waals surface area contributed by atoms with E-state index in [1.54, 1.807) is 43.3 Å². The minimum Gasteiger partial charge on any atom is -0.455 e. The molecular weight excluding hydrogens is 344 g/mol. The quantitative estimate of drug-likeness (QED) is 0.702. The van der Waals surface area contributed by atoms with E-state index < -0.39 is 17.9 Å². The van der Waals surface area contributed by atoms with Gasteiger partial charge in [-0.05, 0) is 43.2 Å². The van der Waals surface area contributed by atoms with Crippen molar-refractivity contribution in [3.8, 4) is 0 Å². The highest BCUT2D eigenvalue weighted by atomic mass is 16.5. The van der Waals surface area contributed by atoms with Gasteiger partial charge in [-0.15, -0.1) is 0 Å². The molecule has 0 aliphatic carbocycles. The smallest absolute Gasteiger partial charge is 0.308 e. The fourth-order valence-corrected chi connectivity index (χ4v) is 2.42. The first-order chi connectivity index (χ1) is 13.0. The third-order valence-electron chi connectivity index (χ3n) is 3.90. The summed E-state index contributed by atoms with van der Waals surface area (Å²) in [5, 5.41) is 5.39. The Hall–Kier alpha value is -3.15. The third-order valence-corrected chi connectivity index (χ3v) is 3.90. The van der Waals surface area contributed by atoms with Gasteiger partial charge in [0.2, 0.25) is 0 Å². The van der Waals surface area contributed by atoms with Gasteiger partial charge < -0.3 is 15.4 Å². The van der Waals surface area contributed by atoms with Gasteiger partial charge >= 0.3 is 5.97 Å². The van der Waals surface area contributed by atoms with E-state index in [0.29, 0.717) is 11.3 Å². The summed E-state index contributed by atoms with van der Waals surface area (Å²) in [4.78, 5) is 35.7. The molecule has 0 aliphatic rings. The number of carbonyl (C=O) groups excluding carboxylic acids is 3. The molecule has 0 radical (unpaired) electrons. The largest absolute Gasteiger partial charge is 0.455 e. The number of hydrogen-bond acceptors (Lipinski definition) is 4. The van der Waals surface area contributed by atoms with Gasteiger partial charge in [0, 0.05) is 17.3 Å². The first-order valence-electron chi connectivity index (χ1n) is 8.88. The van der Waals surface area contributed by atoms with Crippen molar-refractivity contribution in [3.63, 3.8) is 0 Å². The molecule has 6 heteroatoms. The van der Waals surface area contributed by atoms with Crippen LogP contribution in [0.25, 0.3) is 0 Å². The Bertz CT molecular complexity index is 773. The Kier molecular flexibility index (Phi) is 7.55. The highest BCUT2D eigenvalue weighted by Crippen LogP contribution is 2.10. The van der Waals surface area contributed by atoms with Crippen molar-refractivity contribution in [3.05, 3.63) is 65.7 Å². The van der Waals surface area contributed by atoms with Gasteiger partial charge in [0.05, 0.1) is 6.42 Å². The van der Waals surface area contributed by atoms with Crippen LogP contribution in [0, 0.1) is 0 Å². The van der Waals surface area contributed by atoms with E-state index in [2.05, 4.69) is 17.6 Å². The average Bonchev–Trinajstić information content (AvgIpc) is 2.67. The molecule has 1 unspecified atom stereocenters. The normalized spacial score (nSPS) is 11.3. The molecule has 0 saturated heterocycles. The molecule has 6 nitrogen and oxygen atoms in total. The summed E-state index contributed by atoms with van der Waals surface area (Å²) in [5.74, 6) is -1.22. The maximum Gasteiger partial charge on any atom is 0.308 e. The molecule has 142 valence electrons. The Balaban J connectivity index is 1.71. The zero-order valence-electron chi connectivity index (χ0n) is 15.5. The molecule has 2 rings (SSSR count). The van der Waals surface area contributed by atoms with Crippen LogP contribution in [-0.2, 0) is 20.7 Å². The van der Waals surface area contributed by atoms with Crippen molar-refractivity contribution in [1.29, 1.82) is 0 Å². The molecule has 0 fully saturated rings. The number of nitrogens with one attached hydrogen (secondary N) is 2. The van der Waals surface area contributed by atoms with E-state index in [1.807, 2.05) is 18.2 Å². The van der Waals surface area contributed by atoms with Crippen molar-refractivity contribution in [2.24, 2.45) is 0 Å². The topological polar surface area (TPSA) is 84.5 Å². The molecule has 0 heterocycles. The molecule has 2 aromatic carbocycles. The Morgan fingerprint density at radius 3 is 2.30 bits per heavy atom. The zero-order chi connectivity index (χ0) is 19.6. The second kappa shape index (κ2) is 10.1. The average molecular weight is 368 g/mol. The summed E-state index contributed by atoms with van der Waals surface area (Å²) in [6.45, 7) is 3.39. The standard InChI is InChI=1S/C21H24N2O4/c1-3-16-9-11-18(12-10-16)23-19(24)14-27-20(25)13-15(2)22-21(26)17-7-5-4-6-8-17/h4-12,15H,3,13-14H2,1-2H3,(H,22,26)(H,23,24). The van der Waals surface area contributed by atoms with Crippen LogP contribution in [-0.4, -0.2) is 30.4 Å². The van der Waals surface area contributed by atoms with Crippen molar-refractivity contribution >= 4 is 23.5 Å². The molecule has 0 spiro atoms. The summed E-state index contributed by atoms with van der Waals surface area (Å²) >= 11 is 0. The van der Waals surface area contributed by atoms with Gasteiger partial charge in [0.15, 0.2) is 6.61 Å². The third kappa shape index (κ3) is 6.93. The van der Waals surface area contributed by atoms with Gasteiger partial charge in [0.1, 0.15) is 0 Å². The highest BCUT2D eigenvalue weighted by molar-refractivity contribution is 5.95. The lowest BCUT2D eigenvalue weighted by atomic mass is 10.1. The Labute approximate surface area is 158 Å². The number of aryl methyl sites for hydroxylation is 1. The summed E-state index contributed by atoms with van der Waals surface area (Å²) in [6.07, 6.45) is 0.905. The fraction of sp³-hybridized carbons (Fsp3) is 0.286. The molecule has 2 aromatic rings. The van der Waals surface area contributed by atoms with E-state index in [-0.39, 0.29) is 18.9 Å². The molecule has 2 amide bonds. The van der Waals surface area contributed by atoms with Crippen molar-refractivity contribution in [2.45, 2.75) is 32.7 Å². The summed E-state index contributed by atoms with van der Waals surface area (Å²) in [6, 6.07) is 15.8. The van der Waals surface area contributed by atoms with Crippen LogP contribution in [0.1, 0.15) is 36.2 Å².